The zero-order valence-electron chi connectivity index (χ0n) is 8.93. The Morgan fingerprint density at radius 2 is 1.69 bits per heavy atom. The Kier molecular flexibility index (Phi) is 2.48. The molecule has 0 aromatic heterocycles. The summed E-state index contributed by atoms with van der Waals surface area (Å²) in [5.74, 6) is 0. The number of hydrogen-bond donors (Lipinski definition) is 3. The van der Waals surface area contributed by atoms with Gasteiger partial charge >= 0.3 is 0 Å². The minimum Gasteiger partial charge on any atom is -0.330 e. The van der Waals surface area contributed by atoms with Crippen LogP contribution in [-0.4, -0.2) is 12.2 Å². The molecule has 0 saturated heterocycles. The molecule has 0 aromatic rings. The Morgan fingerprint density at radius 1 is 1.15 bits per heavy atom. The third-order valence-electron chi connectivity index (χ3n) is 2.75. The van der Waals surface area contributed by atoms with Crippen LogP contribution in [0.1, 0.15) is 33.6 Å². The van der Waals surface area contributed by atoms with Gasteiger partial charge in [0, 0.05) is 6.42 Å². The van der Waals surface area contributed by atoms with Gasteiger partial charge in [0.25, 0.3) is 0 Å². The molecule has 0 spiro atoms. The molecule has 1 atom stereocenters. The highest BCUT2D eigenvalue weighted by Gasteiger charge is 2.45. The van der Waals surface area contributed by atoms with Gasteiger partial charge in [0.05, 0.1) is 5.66 Å². The van der Waals surface area contributed by atoms with Crippen LogP contribution in [0.4, 0.5) is 0 Å². The molecule has 1 radical (unpaired) electrons. The van der Waals surface area contributed by atoms with Gasteiger partial charge in [0.2, 0.25) is 0 Å². The summed E-state index contributed by atoms with van der Waals surface area (Å²) < 4.78 is 0. The number of nitrogens with two attached hydrogens (primary N) is 3. The van der Waals surface area contributed by atoms with Gasteiger partial charge in [-0.15, -0.1) is 0 Å². The summed E-state index contributed by atoms with van der Waals surface area (Å²) in [4.78, 5) is 0. The van der Waals surface area contributed by atoms with E-state index in [1.54, 1.807) is 0 Å². The lowest BCUT2D eigenvalue weighted by molar-refractivity contribution is 0.102. The SMILES string of the molecule is CC1(C)CC(N)(N)[CH]C(C)(CN)C1. The first-order valence-corrected chi connectivity index (χ1v) is 4.83. The van der Waals surface area contributed by atoms with Crippen molar-refractivity contribution in [1.29, 1.82) is 0 Å². The number of rotatable bonds is 1. The van der Waals surface area contributed by atoms with Crippen LogP contribution < -0.4 is 17.2 Å². The van der Waals surface area contributed by atoms with Crippen molar-refractivity contribution in [3.05, 3.63) is 6.42 Å². The average molecular weight is 184 g/mol. The molecule has 0 heterocycles. The third-order valence-corrected chi connectivity index (χ3v) is 2.75. The molecule has 0 aromatic carbocycles. The van der Waals surface area contributed by atoms with Crippen LogP contribution in [0.25, 0.3) is 0 Å². The highest BCUT2D eigenvalue weighted by molar-refractivity contribution is 5.11. The summed E-state index contributed by atoms with van der Waals surface area (Å²) in [5.41, 5.74) is 17.2. The molecule has 1 saturated carbocycles. The lowest BCUT2D eigenvalue weighted by atomic mass is 9.61. The van der Waals surface area contributed by atoms with Gasteiger partial charge < -0.3 is 17.2 Å². The van der Waals surface area contributed by atoms with E-state index in [2.05, 4.69) is 20.8 Å². The fraction of sp³-hybridized carbons (Fsp3) is 0.900. The van der Waals surface area contributed by atoms with Crippen molar-refractivity contribution in [1.82, 2.24) is 0 Å². The summed E-state index contributed by atoms with van der Waals surface area (Å²) in [6.07, 6.45) is 3.91. The molecule has 0 amide bonds. The van der Waals surface area contributed by atoms with Gasteiger partial charge in [-0.25, -0.2) is 0 Å². The van der Waals surface area contributed by atoms with Gasteiger partial charge in [-0.2, -0.15) is 0 Å². The van der Waals surface area contributed by atoms with E-state index in [9.17, 15) is 0 Å². The van der Waals surface area contributed by atoms with E-state index >= 15 is 0 Å². The van der Waals surface area contributed by atoms with Crippen LogP contribution in [0.5, 0.6) is 0 Å². The van der Waals surface area contributed by atoms with Gasteiger partial charge in [0.1, 0.15) is 0 Å². The molecule has 1 unspecified atom stereocenters. The Bertz CT molecular complexity index is 180. The summed E-state index contributed by atoms with van der Waals surface area (Å²) in [7, 11) is 0. The lowest BCUT2D eigenvalue weighted by Gasteiger charge is -2.49. The molecule has 1 fully saturated rings. The summed E-state index contributed by atoms with van der Waals surface area (Å²) >= 11 is 0. The molecule has 1 aliphatic carbocycles. The third kappa shape index (κ3) is 2.66. The van der Waals surface area contributed by atoms with Crippen LogP contribution in [-0.2, 0) is 0 Å². The first-order chi connectivity index (χ1) is 5.68. The maximum absolute atomic E-state index is 5.97. The van der Waals surface area contributed by atoms with Crippen LogP contribution in [0.15, 0.2) is 0 Å². The van der Waals surface area contributed by atoms with Crippen molar-refractivity contribution in [3.63, 3.8) is 0 Å². The molecular formula is C10H22N3. The van der Waals surface area contributed by atoms with E-state index < -0.39 is 5.66 Å². The van der Waals surface area contributed by atoms with Gasteiger partial charge in [-0.1, -0.05) is 20.8 Å². The van der Waals surface area contributed by atoms with Crippen LogP contribution in [0.3, 0.4) is 0 Å². The van der Waals surface area contributed by atoms with Crippen LogP contribution in [0.2, 0.25) is 0 Å². The Balaban J connectivity index is 2.84. The van der Waals surface area contributed by atoms with E-state index in [1.807, 2.05) is 6.42 Å². The van der Waals surface area contributed by atoms with Crippen molar-refractivity contribution in [2.75, 3.05) is 6.54 Å². The standard InChI is InChI=1S/C10H22N3/c1-8(2)4-9(3,7-11)6-10(12,13)5-8/h6H,4-5,7,11-13H2,1-3H3. The molecule has 3 heteroatoms. The van der Waals surface area contributed by atoms with Crippen molar-refractivity contribution in [3.8, 4) is 0 Å². The molecule has 1 rings (SSSR count). The first kappa shape index (κ1) is 11.0. The van der Waals surface area contributed by atoms with Crippen LogP contribution in [0, 0.1) is 17.3 Å². The lowest BCUT2D eigenvalue weighted by Crippen LogP contribution is -2.60. The van der Waals surface area contributed by atoms with E-state index in [-0.39, 0.29) is 10.8 Å². The predicted octanol–water partition coefficient (Wildman–Crippen LogP) is 0.589. The Morgan fingerprint density at radius 3 is 2.08 bits per heavy atom. The maximum Gasteiger partial charge on any atom is 0.0680 e. The molecule has 77 valence electrons. The second-order valence-corrected chi connectivity index (χ2v) is 5.63. The summed E-state index contributed by atoms with van der Waals surface area (Å²) in [6, 6.07) is 0. The quantitative estimate of drug-likeness (QED) is 0.522. The first-order valence-electron chi connectivity index (χ1n) is 4.83. The minimum atomic E-state index is -0.657. The van der Waals surface area contributed by atoms with E-state index in [0.29, 0.717) is 6.54 Å². The average Bonchev–Trinajstić information content (AvgIpc) is 1.79. The van der Waals surface area contributed by atoms with Crippen molar-refractivity contribution in [2.45, 2.75) is 39.3 Å². The van der Waals surface area contributed by atoms with Gasteiger partial charge in [-0.3, -0.25) is 0 Å². The second kappa shape index (κ2) is 2.94. The van der Waals surface area contributed by atoms with E-state index in [1.165, 1.54) is 0 Å². The zero-order chi connectivity index (χ0) is 10.3. The fourth-order valence-electron chi connectivity index (χ4n) is 2.87. The maximum atomic E-state index is 5.97. The predicted molar refractivity (Wildman–Crippen MR) is 55.6 cm³/mol. The van der Waals surface area contributed by atoms with E-state index in [0.717, 1.165) is 12.8 Å². The van der Waals surface area contributed by atoms with Crippen molar-refractivity contribution >= 4 is 0 Å². The highest BCUT2D eigenvalue weighted by atomic mass is 15.0. The molecule has 3 nitrogen and oxygen atoms in total. The smallest absolute Gasteiger partial charge is 0.0680 e. The van der Waals surface area contributed by atoms with Gasteiger partial charge in [0.15, 0.2) is 0 Å². The minimum absolute atomic E-state index is 0.00868. The van der Waals surface area contributed by atoms with Crippen molar-refractivity contribution < 1.29 is 0 Å². The second-order valence-electron chi connectivity index (χ2n) is 5.63. The molecule has 1 aliphatic rings. The fourth-order valence-corrected chi connectivity index (χ4v) is 2.87. The highest BCUT2D eigenvalue weighted by Crippen LogP contribution is 2.46. The molecule has 6 N–H and O–H groups in total. The topological polar surface area (TPSA) is 78.1 Å². The normalized spacial score (nSPS) is 37.4. The molecule has 13 heavy (non-hydrogen) atoms. The molecule has 0 bridgehead atoms. The van der Waals surface area contributed by atoms with Crippen LogP contribution >= 0.6 is 0 Å². The van der Waals surface area contributed by atoms with Gasteiger partial charge in [-0.05, 0) is 30.2 Å². The molecular weight excluding hydrogens is 162 g/mol. The van der Waals surface area contributed by atoms with E-state index in [4.69, 9.17) is 17.2 Å². The van der Waals surface area contributed by atoms with Crippen molar-refractivity contribution in [2.24, 2.45) is 28.0 Å². The zero-order valence-corrected chi connectivity index (χ0v) is 8.93. The largest absolute Gasteiger partial charge is 0.330 e. The summed E-state index contributed by atoms with van der Waals surface area (Å²) in [5, 5.41) is 0. The molecule has 0 aliphatic heterocycles. The Labute approximate surface area is 81.0 Å². The number of hydrogen-bond acceptors (Lipinski definition) is 3. The summed E-state index contributed by atoms with van der Waals surface area (Å²) in [6.45, 7) is 7.14. The monoisotopic (exact) mass is 184 g/mol. The Hall–Kier alpha value is -0.120.